The van der Waals surface area contributed by atoms with Crippen LogP contribution in [0.2, 0.25) is 0 Å². The summed E-state index contributed by atoms with van der Waals surface area (Å²) in [6.45, 7) is 6.59. The Balaban J connectivity index is 1.73. The lowest BCUT2D eigenvalue weighted by atomic mass is 9.90. The predicted octanol–water partition coefficient (Wildman–Crippen LogP) is 4.90. The molecule has 1 saturated heterocycles. The van der Waals surface area contributed by atoms with Crippen molar-refractivity contribution in [3.8, 4) is 11.3 Å². The molecule has 0 unspecified atom stereocenters. The molecule has 1 atom stereocenters. The van der Waals surface area contributed by atoms with Crippen molar-refractivity contribution in [1.29, 1.82) is 0 Å². The van der Waals surface area contributed by atoms with Gasteiger partial charge >= 0.3 is 0 Å². The van der Waals surface area contributed by atoms with E-state index in [0.717, 1.165) is 22.0 Å². The molecule has 184 valence electrons. The second kappa shape index (κ2) is 8.21. The van der Waals surface area contributed by atoms with Crippen molar-refractivity contribution in [3.05, 3.63) is 77.4 Å². The van der Waals surface area contributed by atoms with Gasteiger partial charge in [0.1, 0.15) is 5.82 Å². The number of benzene rings is 2. The summed E-state index contributed by atoms with van der Waals surface area (Å²) in [5.74, 6) is -0.114. The number of ether oxygens (including phenoxy) is 1. The van der Waals surface area contributed by atoms with Crippen molar-refractivity contribution in [3.63, 3.8) is 0 Å². The topological polar surface area (TPSA) is 78.0 Å². The Hall–Kier alpha value is -3.62. The Labute approximate surface area is 208 Å². The minimum Gasteiger partial charge on any atom is -0.386 e. The maximum Gasteiger partial charge on any atom is 0.133 e. The number of rotatable bonds is 5. The molecule has 4 heterocycles. The molecule has 7 nitrogen and oxygen atoms in total. The highest BCUT2D eigenvalue weighted by atomic mass is 19.1. The number of hydrogen-bond donors (Lipinski definition) is 1. The van der Waals surface area contributed by atoms with Crippen LogP contribution in [-0.4, -0.2) is 42.9 Å². The number of aryl methyl sites for hydroxylation is 2. The molecule has 0 bridgehead atoms. The molecule has 1 aliphatic heterocycles. The number of pyridine rings is 1. The zero-order valence-corrected chi connectivity index (χ0v) is 20.7. The summed E-state index contributed by atoms with van der Waals surface area (Å²) >= 11 is 0. The van der Waals surface area contributed by atoms with Gasteiger partial charge in [0.05, 0.1) is 52.8 Å². The van der Waals surface area contributed by atoms with Crippen molar-refractivity contribution < 1.29 is 14.2 Å². The molecule has 0 saturated carbocycles. The molecular formula is C28H28FN5O2. The second-order valence-corrected chi connectivity index (χ2v) is 10.2. The fraction of sp³-hybridized carbons (Fsp3) is 0.321. The van der Waals surface area contributed by atoms with Crippen molar-refractivity contribution in [2.24, 2.45) is 13.0 Å². The molecule has 1 fully saturated rings. The zero-order valence-electron chi connectivity index (χ0n) is 20.7. The van der Waals surface area contributed by atoms with E-state index in [9.17, 15) is 5.11 Å². The fourth-order valence-corrected chi connectivity index (χ4v) is 5.29. The normalized spacial score (nSPS) is 15.5. The van der Waals surface area contributed by atoms with E-state index in [1.807, 2.05) is 37.3 Å². The Morgan fingerprint density at radius 3 is 2.47 bits per heavy atom. The first-order chi connectivity index (χ1) is 17.2. The molecule has 8 heteroatoms. The van der Waals surface area contributed by atoms with E-state index in [1.54, 1.807) is 37.8 Å². The molecule has 2 aromatic carbocycles. The summed E-state index contributed by atoms with van der Waals surface area (Å²) in [5, 5.41) is 19.7. The number of nitrogens with zero attached hydrogens (tertiary/aromatic N) is 5. The van der Waals surface area contributed by atoms with Crippen LogP contribution in [0.15, 0.2) is 54.7 Å². The third-order valence-electron chi connectivity index (χ3n) is 7.21. The number of hydrogen-bond acceptors (Lipinski definition) is 5. The number of halogens is 1. The molecular weight excluding hydrogens is 457 g/mol. The van der Waals surface area contributed by atoms with Gasteiger partial charge in [-0.25, -0.2) is 9.07 Å². The number of aromatic nitrogens is 5. The highest BCUT2D eigenvalue weighted by Gasteiger charge is 2.34. The molecule has 1 aliphatic rings. The Kier molecular flexibility index (Phi) is 5.21. The van der Waals surface area contributed by atoms with Crippen LogP contribution in [0.1, 0.15) is 36.7 Å². The van der Waals surface area contributed by atoms with Gasteiger partial charge < -0.3 is 14.4 Å². The van der Waals surface area contributed by atoms with E-state index in [2.05, 4.69) is 27.0 Å². The van der Waals surface area contributed by atoms with Gasteiger partial charge in [-0.2, -0.15) is 0 Å². The summed E-state index contributed by atoms with van der Waals surface area (Å²) in [7, 11) is 1.77. The van der Waals surface area contributed by atoms with Crippen LogP contribution >= 0.6 is 0 Å². The molecule has 1 N–H and O–H groups in total. The van der Waals surface area contributed by atoms with Crippen LogP contribution in [-0.2, 0) is 17.4 Å². The lowest BCUT2D eigenvalue weighted by Crippen LogP contribution is -2.36. The van der Waals surface area contributed by atoms with E-state index in [-0.39, 0.29) is 17.8 Å². The molecule has 36 heavy (non-hydrogen) atoms. The number of fused-ring (bicyclic) bond motifs is 3. The summed E-state index contributed by atoms with van der Waals surface area (Å²) in [6, 6.07) is 15.7. The van der Waals surface area contributed by atoms with Gasteiger partial charge in [0.25, 0.3) is 0 Å². The van der Waals surface area contributed by atoms with E-state index in [4.69, 9.17) is 9.72 Å². The average molecular weight is 486 g/mol. The lowest BCUT2D eigenvalue weighted by Gasteiger charge is -2.36. The fourth-order valence-electron chi connectivity index (χ4n) is 5.29. The van der Waals surface area contributed by atoms with Gasteiger partial charge in [-0.3, -0.25) is 4.98 Å². The summed E-state index contributed by atoms with van der Waals surface area (Å²) < 4.78 is 25.1. The smallest absolute Gasteiger partial charge is 0.133 e. The van der Waals surface area contributed by atoms with Gasteiger partial charge in [-0.1, -0.05) is 35.5 Å². The van der Waals surface area contributed by atoms with Crippen molar-refractivity contribution >= 4 is 21.9 Å². The minimum absolute atomic E-state index is 0.0529. The number of aliphatic hydroxyl groups is 1. The van der Waals surface area contributed by atoms with Gasteiger partial charge in [-0.15, -0.1) is 5.10 Å². The van der Waals surface area contributed by atoms with E-state index in [1.165, 1.54) is 0 Å². The van der Waals surface area contributed by atoms with Gasteiger partial charge in [0, 0.05) is 35.7 Å². The molecule has 0 spiro atoms. The van der Waals surface area contributed by atoms with Crippen molar-refractivity contribution in [1.82, 2.24) is 24.5 Å². The summed E-state index contributed by atoms with van der Waals surface area (Å²) in [5.41, 5.74) is 4.92. The monoisotopic (exact) mass is 485 g/mol. The highest BCUT2D eigenvalue weighted by Crippen LogP contribution is 2.42. The Morgan fingerprint density at radius 1 is 1.11 bits per heavy atom. The largest absolute Gasteiger partial charge is 0.386 e. The van der Waals surface area contributed by atoms with Crippen LogP contribution in [0.4, 0.5) is 4.39 Å². The van der Waals surface area contributed by atoms with Gasteiger partial charge in [-0.05, 0) is 44.5 Å². The first kappa shape index (κ1) is 22.8. The van der Waals surface area contributed by atoms with Gasteiger partial charge in [0.15, 0.2) is 0 Å². The first-order valence-corrected chi connectivity index (χ1v) is 12.1. The maximum absolute atomic E-state index is 15.6. The van der Waals surface area contributed by atoms with Crippen molar-refractivity contribution in [2.45, 2.75) is 32.4 Å². The third-order valence-corrected chi connectivity index (χ3v) is 7.21. The average Bonchev–Trinajstić information content (AvgIpc) is 3.31. The molecule has 5 aromatic rings. The summed E-state index contributed by atoms with van der Waals surface area (Å²) in [4.78, 5) is 4.74. The molecule has 3 aromatic heterocycles. The van der Waals surface area contributed by atoms with Crippen LogP contribution in [0, 0.1) is 18.7 Å². The standard InChI is InChI=1S/C28H28FN5O2/c1-16-26(33(4)32-31-16)20-12-23-21(11-22(20)29)25-24(10-19(13-30-25)28(2,3)35)34(23)27(18-14-36-15-18)17-8-6-5-7-9-17/h5-13,18,27,35H,14-15H2,1-4H3/t27-/m0/s1. The molecule has 6 rings (SSSR count). The Bertz CT molecular complexity index is 1580. The maximum atomic E-state index is 15.6. The summed E-state index contributed by atoms with van der Waals surface area (Å²) in [6.07, 6.45) is 1.68. The van der Waals surface area contributed by atoms with E-state index < -0.39 is 5.60 Å². The molecule has 0 radical (unpaired) electrons. The van der Waals surface area contributed by atoms with Crippen LogP contribution in [0.3, 0.4) is 0 Å². The van der Waals surface area contributed by atoms with Crippen molar-refractivity contribution in [2.75, 3.05) is 13.2 Å². The second-order valence-electron chi connectivity index (χ2n) is 10.2. The quantitative estimate of drug-likeness (QED) is 0.383. The first-order valence-electron chi connectivity index (χ1n) is 12.1. The van der Waals surface area contributed by atoms with Gasteiger partial charge in [0.2, 0.25) is 0 Å². The lowest BCUT2D eigenvalue weighted by molar-refractivity contribution is -0.0484. The SMILES string of the molecule is Cc1nnn(C)c1-c1cc2c(cc1F)c1ncc(C(C)(C)O)cc1n2[C@@H](c1ccccc1)C1COC1. The van der Waals surface area contributed by atoms with Crippen LogP contribution < -0.4 is 0 Å². The zero-order chi connectivity index (χ0) is 25.2. The highest BCUT2D eigenvalue weighted by molar-refractivity contribution is 6.07. The third kappa shape index (κ3) is 3.51. The Morgan fingerprint density at radius 2 is 1.86 bits per heavy atom. The predicted molar refractivity (Wildman–Crippen MR) is 136 cm³/mol. The van der Waals surface area contributed by atoms with E-state index >= 15 is 4.39 Å². The van der Waals surface area contributed by atoms with Crippen LogP contribution in [0.5, 0.6) is 0 Å². The molecule has 0 amide bonds. The van der Waals surface area contributed by atoms with E-state index in [0.29, 0.717) is 41.2 Å². The molecule has 0 aliphatic carbocycles. The minimum atomic E-state index is -1.07. The van der Waals surface area contributed by atoms with Crippen LogP contribution in [0.25, 0.3) is 33.2 Å².